The van der Waals surface area contributed by atoms with Crippen LogP contribution in [-0.2, 0) is 10.4 Å². The minimum Gasteiger partial charge on any atom is -0.372 e. The van der Waals surface area contributed by atoms with E-state index in [1.54, 1.807) is 91.9 Å². The molecule has 2 N–H and O–H groups in total. The van der Waals surface area contributed by atoms with Crippen molar-refractivity contribution in [3.8, 4) is 0 Å². The van der Waals surface area contributed by atoms with E-state index in [4.69, 9.17) is 0 Å². The van der Waals surface area contributed by atoms with Gasteiger partial charge < -0.3 is 5.11 Å². The highest BCUT2D eigenvalue weighted by Gasteiger charge is 2.40. The van der Waals surface area contributed by atoms with Gasteiger partial charge in [-0.25, -0.2) is 5.43 Å². The normalized spacial score (nSPS) is 13.8. The molecule has 0 atom stereocenters. The molecule has 1 heterocycles. The number of hydrogen-bond acceptors (Lipinski definition) is 5. The van der Waals surface area contributed by atoms with E-state index in [0.717, 1.165) is 4.90 Å². The van der Waals surface area contributed by atoms with E-state index in [-0.39, 0.29) is 6.54 Å². The lowest BCUT2D eigenvalue weighted by atomic mass is 9.85. The maximum Gasteiger partial charge on any atom is 0.281 e. The highest BCUT2D eigenvalue weighted by molar-refractivity contribution is 6.22. The van der Waals surface area contributed by atoms with Crippen molar-refractivity contribution in [3.63, 3.8) is 0 Å². The molecule has 0 fully saturated rings. The first-order valence-electron chi connectivity index (χ1n) is 10.0. The fraction of sp³-hybridized carbons (Fsp3) is 0.120. The number of fused-ring (bicyclic) bond motifs is 1. The highest BCUT2D eigenvalue weighted by atomic mass is 16.3. The third-order valence-corrected chi connectivity index (χ3v) is 5.33. The molecule has 0 saturated carbocycles. The molecule has 3 aromatic carbocycles. The lowest BCUT2D eigenvalue weighted by molar-refractivity contribution is -0.136. The lowest BCUT2D eigenvalue weighted by Crippen LogP contribution is -2.44. The topological polar surface area (TPSA) is 99.1 Å². The Morgan fingerprint density at radius 1 is 0.844 bits per heavy atom. The molecule has 0 bridgehead atoms. The van der Waals surface area contributed by atoms with Crippen molar-refractivity contribution in [2.45, 2.75) is 12.5 Å². The molecule has 7 nitrogen and oxygen atoms in total. The van der Waals surface area contributed by atoms with Crippen LogP contribution in [0.1, 0.15) is 38.8 Å². The van der Waals surface area contributed by atoms with Crippen molar-refractivity contribution in [1.29, 1.82) is 0 Å². The van der Waals surface area contributed by atoms with Gasteiger partial charge in [0.05, 0.1) is 23.4 Å². The van der Waals surface area contributed by atoms with E-state index in [2.05, 4.69) is 10.5 Å². The molecule has 160 valence electrons. The van der Waals surface area contributed by atoms with Gasteiger partial charge in [0.2, 0.25) is 0 Å². The average molecular weight is 427 g/mol. The molecule has 7 heteroatoms. The fourth-order valence-corrected chi connectivity index (χ4v) is 3.66. The summed E-state index contributed by atoms with van der Waals surface area (Å²) in [6.07, 6.45) is 0. The van der Waals surface area contributed by atoms with Crippen LogP contribution in [0.2, 0.25) is 0 Å². The number of hydrogen-bond donors (Lipinski definition) is 2. The van der Waals surface area contributed by atoms with Gasteiger partial charge in [-0.15, -0.1) is 0 Å². The third kappa shape index (κ3) is 3.70. The van der Waals surface area contributed by atoms with Crippen molar-refractivity contribution < 1.29 is 19.5 Å². The second kappa shape index (κ2) is 8.56. The molecule has 0 aliphatic carbocycles. The Labute approximate surface area is 185 Å². The molecule has 3 amide bonds. The van der Waals surface area contributed by atoms with Crippen molar-refractivity contribution in [3.05, 3.63) is 107 Å². The fourth-order valence-electron chi connectivity index (χ4n) is 3.66. The molecule has 0 unspecified atom stereocenters. The monoisotopic (exact) mass is 427 g/mol. The third-order valence-electron chi connectivity index (χ3n) is 5.33. The lowest BCUT2D eigenvalue weighted by Gasteiger charge is -2.27. The second-order valence-corrected chi connectivity index (χ2v) is 7.47. The van der Waals surface area contributed by atoms with Crippen molar-refractivity contribution in [2.24, 2.45) is 5.10 Å². The molecule has 4 rings (SSSR count). The predicted octanol–water partition coefficient (Wildman–Crippen LogP) is 2.71. The summed E-state index contributed by atoms with van der Waals surface area (Å²) in [5.74, 6) is -1.57. The van der Waals surface area contributed by atoms with Gasteiger partial charge in [-0.2, -0.15) is 5.10 Å². The zero-order valence-corrected chi connectivity index (χ0v) is 17.4. The molecule has 1 aliphatic heterocycles. The van der Waals surface area contributed by atoms with Crippen LogP contribution in [0.15, 0.2) is 90.0 Å². The van der Waals surface area contributed by atoms with Gasteiger partial charge in [0.25, 0.3) is 17.7 Å². The van der Waals surface area contributed by atoms with Crippen LogP contribution in [-0.4, -0.2) is 40.0 Å². The van der Waals surface area contributed by atoms with Gasteiger partial charge in [-0.1, -0.05) is 72.8 Å². The summed E-state index contributed by atoms with van der Waals surface area (Å²) in [6.45, 7) is 1.51. The van der Waals surface area contributed by atoms with E-state index in [1.807, 2.05) is 0 Å². The molecule has 0 radical (unpaired) electrons. The number of amides is 3. The first-order valence-corrected chi connectivity index (χ1v) is 10.0. The maximum atomic E-state index is 13.1. The van der Waals surface area contributed by atoms with Gasteiger partial charge in [-0.3, -0.25) is 19.3 Å². The van der Waals surface area contributed by atoms with Crippen LogP contribution in [0, 0.1) is 0 Å². The van der Waals surface area contributed by atoms with E-state index in [9.17, 15) is 19.5 Å². The Morgan fingerprint density at radius 2 is 1.28 bits per heavy atom. The smallest absolute Gasteiger partial charge is 0.281 e. The summed E-state index contributed by atoms with van der Waals surface area (Å²) in [4.78, 5) is 39.2. The first-order chi connectivity index (χ1) is 15.4. The van der Waals surface area contributed by atoms with Crippen molar-refractivity contribution in [1.82, 2.24) is 10.3 Å². The van der Waals surface area contributed by atoms with Crippen LogP contribution < -0.4 is 5.43 Å². The Bertz CT molecular complexity index is 1130. The summed E-state index contributed by atoms with van der Waals surface area (Å²) in [5.41, 5.74) is 2.21. The van der Waals surface area contributed by atoms with E-state index in [1.165, 1.54) is 0 Å². The SMILES string of the molecule is CC(CN1C(=O)c2ccccc2C1=O)=NNC(=O)C(O)(c1ccccc1)c1ccccc1. The Kier molecular flexibility index (Phi) is 5.66. The number of carbonyl (C=O) groups is 3. The van der Waals surface area contributed by atoms with Crippen LogP contribution in [0.3, 0.4) is 0 Å². The largest absolute Gasteiger partial charge is 0.372 e. The van der Waals surface area contributed by atoms with E-state index in [0.29, 0.717) is 28.0 Å². The molecular formula is C25H21N3O4. The Hall–Kier alpha value is -4.10. The molecular weight excluding hydrogens is 406 g/mol. The predicted molar refractivity (Wildman–Crippen MR) is 119 cm³/mol. The summed E-state index contributed by atoms with van der Waals surface area (Å²) in [5, 5.41) is 15.5. The molecule has 32 heavy (non-hydrogen) atoms. The standard InChI is InChI=1S/C25H21N3O4/c1-17(16-28-22(29)20-14-8-9-15-21(20)23(28)30)26-27-24(31)25(32,18-10-4-2-5-11-18)19-12-6-3-7-13-19/h2-15,32H,16H2,1H3,(H,27,31). The van der Waals surface area contributed by atoms with Crippen LogP contribution in [0.25, 0.3) is 0 Å². The quantitative estimate of drug-likeness (QED) is 0.359. The zero-order chi connectivity index (χ0) is 22.7. The Morgan fingerprint density at radius 3 is 1.75 bits per heavy atom. The van der Waals surface area contributed by atoms with Gasteiger partial charge in [-0.05, 0) is 30.2 Å². The number of carbonyl (C=O) groups excluding carboxylic acids is 3. The second-order valence-electron chi connectivity index (χ2n) is 7.47. The molecule has 1 aliphatic rings. The van der Waals surface area contributed by atoms with Crippen LogP contribution in [0.5, 0.6) is 0 Å². The van der Waals surface area contributed by atoms with Gasteiger partial charge in [0.15, 0.2) is 5.60 Å². The maximum absolute atomic E-state index is 13.1. The molecule has 3 aromatic rings. The zero-order valence-electron chi connectivity index (χ0n) is 17.4. The van der Waals surface area contributed by atoms with Gasteiger partial charge in [0, 0.05) is 0 Å². The summed E-state index contributed by atoms with van der Waals surface area (Å²) in [6, 6.07) is 23.7. The minimum absolute atomic E-state index is 0.0816. The van der Waals surface area contributed by atoms with Crippen LogP contribution in [0.4, 0.5) is 0 Å². The number of benzene rings is 3. The number of hydrazone groups is 1. The summed E-state index contributed by atoms with van der Waals surface area (Å²) in [7, 11) is 0. The number of aliphatic hydroxyl groups is 1. The van der Waals surface area contributed by atoms with Crippen molar-refractivity contribution >= 4 is 23.4 Å². The summed E-state index contributed by atoms with van der Waals surface area (Å²) < 4.78 is 0. The molecule has 0 aromatic heterocycles. The number of nitrogens with one attached hydrogen (secondary N) is 1. The van der Waals surface area contributed by atoms with E-state index < -0.39 is 23.3 Å². The van der Waals surface area contributed by atoms with E-state index >= 15 is 0 Å². The molecule has 0 saturated heterocycles. The first kappa shape index (κ1) is 21.1. The Balaban J connectivity index is 1.55. The number of rotatable bonds is 6. The average Bonchev–Trinajstić information content (AvgIpc) is 3.08. The van der Waals surface area contributed by atoms with Crippen LogP contribution >= 0.6 is 0 Å². The molecule has 0 spiro atoms. The van der Waals surface area contributed by atoms with Gasteiger partial charge >= 0.3 is 0 Å². The van der Waals surface area contributed by atoms with Crippen molar-refractivity contribution in [2.75, 3.05) is 6.54 Å². The number of imide groups is 1. The van der Waals surface area contributed by atoms with Gasteiger partial charge in [0.1, 0.15) is 0 Å². The highest BCUT2D eigenvalue weighted by Crippen LogP contribution is 2.30. The number of nitrogens with zero attached hydrogens (tertiary/aromatic N) is 2. The minimum atomic E-state index is -1.97. The summed E-state index contributed by atoms with van der Waals surface area (Å²) >= 11 is 0.